The third-order valence-corrected chi connectivity index (χ3v) is 6.88. The van der Waals surface area contributed by atoms with Crippen molar-refractivity contribution in [3.8, 4) is 5.75 Å². The molecule has 0 bridgehead atoms. The lowest BCUT2D eigenvalue weighted by atomic mass is 9.87. The zero-order chi connectivity index (χ0) is 24.4. The summed E-state index contributed by atoms with van der Waals surface area (Å²) in [5.41, 5.74) is 3.42. The van der Waals surface area contributed by atoms with E-state index in [1.54, 1.807) is 12.1 Å². The molecule has 2 amide bonds. The molecule has 1 aromatic heterocycles. The SMILES string of the molecule is CC(C)C(=O)N1CCc2ccc(OCc3ccc(C(=O)N4CCCC4)o3)cc2[C@H]1c1ccccc1. The van der Waals surface area contributed by atoms with Crippen molar-refractivity contribution < 1.29 is 18.7 Å². The molecular formula is C29H32N2O4. The van der Waals surface area contributed by atoms with Gasteiger partial charge in [-0.25, -0.2) is 0 Å². The molecule has 35 heavy (non-hydrogen) atoms. The molecule has 182 valence electrons. The molecule has 5 rings (SSSR count). The van der Waals surface area contributed by atoms with E-state index < -0.39 is 0 Å². The average Bonchev–Trinajstić information content (AvgIpc) is 3.59. The van der Waals surface area contributed by atoms with Gasteiger partial charge in [0.1, 0.15) is 18.1 Å². The monoisotopic (exact) mass is 472 g/mol. The number of furan rings is 1. The van der Waals surface area contributed by atoms with E-state index in [1.165, 1.54) is 5.56 Å². The number of carbonyl (C=O) groups is 2. The number of hydrogen-bond donors (Lipinski definition) is 0. The van der Waals surface area contributed by atoms with E-state index in [0.717, 1.165) is 43.5 Å². The Bertz CT molecular complexity index is 1190. The Kier molecular flexibility index (Phi) is 6.62. The molecule has 3 aromatic rings. The fraction of sp³-hybridized carbons (Fsp3) is 0.379. The Morgan fingerprint density at radius 3 is 2.51 bits per heavy atom. The van der Waals surface area contributed by atoms with Gasteiger partial charge in [0.15, 0.2) is 5.76 Å². The van der Waals surface area contributed by atoms with Crippen LogP contribution in [0.2, 0.25) is 0 Å². The largest absolute Gasteiger partial charge is 0.486 e. The maximum absolute atomic E-state index is 13.1. The fourth-order valence-corrected chi connectivity index (χ4v) is 5.05. The molecule has 1 fully saturated rings. The van der Waals surface area contributed by atoms with E-state index in [9.17, 15) is 9.59 Å². The summed E-state index contributed by atoms with van der Waals surface area (Å²) >= 11 is 0. The van der Waals surface area contributed by atoms with Crippen LogP contribution in [0.25, 0.3) is 0 Å². The first kappa shape index (κ1) is 23.2. The van der Waals surface area contributed by atoms with E-state index in [1.807, 2.05) is 54.0 Å². The van der Waals surface area contributed by atoms with Crippen molar-refractivity contribution in [2.75, 3.05) is 19.6 Å². The zero-order valence-corrected chi connectivity index (χ0v) is 20.4. The molecule has 0 unspecified atom stereocenters. The van der Waals surface area contributed by atoms with Crippen LogP contribution >= 0.6 is 0 Å². The van der Waals surface area contributed by atoms with Crippen LogP contribution in [0, 0.1) is 5.92 Å². The number of likely N-dealkylation sites (tertiary alicyclic amines) is 1. The molecule has 0 spiro atoms. The lowest BCUT2D eigenvalue weighted by Gasteiger charge is -2.39. The highest BCUT2D eigenvalue weighted by Gasteiger charge is 2.33. The highest BCUT2D eigenvalue weighted by atomic mass is 16.5. The maximum Gasteiger partial charge on any atom is 0.289 e. The van der Waals surface area contributed by atoms with E-state index >= 15 is 0 Å². The van der Waals surface area contributed by atoms with Crippen molar-refractivity contribution in [1.82, 2.24) is 9.80 Å². The second-order valence-corrected chi connectivity index (χ2v) is 9.66. The van der Waals surface area contributed by atoms with Crippen LogP contribution in [0.1, 0.15) is 65.7 Å². The van der Waals surface area contributed by atoms with Crippen molar-refractivity contribution in [2.24, 2.45) is 5.92 Å². The van der Waals surface area contributed by atoms with Crippen LogP contribution < -0.4 is 4.74 Å². The van der Waals surface area contributed by atoms with Crippen molar-refractivity contribution in [2.45, 2.75) is 45.8 Å². The van der Waals surface area contributed by atoms with Crippen LogP contribution in [0.3, 0.4) is 0 Å². The van der Waals surface area contributed by atoms with Crippen LogP contribution in [0.5, 0.6) is 5.75 Å². The van der Waals surface area contributed by atoms with E-state index in [4.69, 9.17) is 9.15 Å². The van der Waals surface area contributed by atoms with Gasteiger partial charge in [0, 0.05) is 25.6 Å². The topological polar surface area (TPSA) is 63.0 Å². The van der Waals surface area contributed by atoms with Gasteiger partial charge >= 0.3 is 0 Å². The number of amides is 2. The van der Waals surface area contributed by atoms with Gasteiger partial charge in [0.25, 0.3) is 5.91 Å². The molecule has 1 saturated heterocycles. The van der Waals surface area contributed by atoms with Gasteiger partial charge in [-0.1, -0.05) is 50.2 Å². The molecule has 0 saturated carbocycles. The summed E-state index contributed by atoms with van der Waals surface area (Å²) in [4.78, 5) is 29.5. The minimum Gasteiger partial charge on any atom is -0.486 e. The van der Waals surface area contributed by atoms with Crippen LogP contribution in [-0.2, 0) is 17.8 Å². The Balaban J connectivity index is 1.36. The predicted octanol–water partition coefficient (Wildman–Crippen LogP) is 5.22. The Morgan fingerprint density at radius 2 is 1.77 bits per heavy atom. The summed E-state index contributed by atoms with van der Waals surface area (Å²) in [6, 6.07) is 19.7. The van der Waals surface area contributed by atoms with Crippen molar-refractivity contribution in [3.63, 3.8) is 0 Å². The van der Waals surface area contributed by atoms with Gasteiger partial charge in [0.05, 0.1) is 6.04 Å². The van der Waals surface area contributed by atoms with Gasteiger partial charge in [-0.3, -0.25) is 9.59 Å². The smallest absolute Gasteiger partial charge is 0.289 e. The third kappa shape index (κ3) is 4.83. The highest BCUT2D eigenvalue weighted by molar-refractivity contribution is 5.91. The first-order valence-corrected chi connectivity index (χ1v) is 12.5. The molecule has 2 aliphatic heterocycles. The van der Waals surface area contributed by atoms with E-state index in [2.05, 4.69) is 18.2 Å². The molecule has 6 heteroatoms. The number of hydrogen-bond acceptors (Lipinski definition) is 4. The summed E-state index contributed by atoms with van der Waals surface area (Å²) in [6.07, 6.45) is 2.91. The number of rotatable bonds is 6. The Morgan fingerprint density at radius 1 is 1.00 bits per heavy atom. The second kappa shape index (κ2) is 9.98. The molecule has 0 radical (unpaired) electrons. The molecule has 6 nitrogen and oxygen atoms in total. The maximum atomic E-state index is 13.1. The summed E-state index contributed by atoms with van der Waals surface area (Å²) in [6.45, 7) is 6.41. The molecule has 0 N–H and O–H groups in total. The molecule has 1 atom stereocenters. The normalized spacial score (nSPS) is 17.5. The number of benzene rings is 2. The summed E-state index contributed by atoms with van der Waals surface area (Å²) in [5, 5.41) is 0. The van der Waals surface area contributed by atoms with Crippen molar-refractivity contribution in [1.29, 1.82) is 0 Å². The van der Waals surface area contributed by atoms with Crippen molar-refractivity contribution in [3.05, 3.63) is 88.9 Å². The highest BCUT2D eigenvalue weighted by Crippen LogP contribution is 2.38. The Labute approximate surface area is 206 Å². The first-order chi connectivity index (χ1) is 17.0. The second-order valence-electron chi connectivity index (χ2n) is 9.66. The number of fused-ring (bicyclic) bond motifs is 1. The first-order valence-electron chi connectivity index (χ1n) is 12.5. The summed E-state index contributed by atoms with van der Waals surface area (Å²) in [5.74, 6) is 1.72. The van der Waals surface area contributed by atoms with Gasteiger partial charge in [-0.15, -0.1) is 0 Å². The van der Waals surface area contributed by atoms with Gasteiger partial charge in [-0.05, 0) is 60.2 Å². The molecular weight excluding hydrogens is 440 g/mol. The minimum atomic E-state index is -0.147. The standard InChI is InChI=1S/C29H32N2O4/c1-20(2)28(32)31-17-14-21-10-11-23(18-25(21)27(31)22-8-4-3-5-9-22)34-19-24-12-13-26(35-24)29(33)30-15-6-7-16-30/h3-5,8-13,18,20,27H,6-7,14-17,19H2,1-2H3/t27-/m1/s1. The quantitative estimate of drug-likeness (QED) is 0.493. The van der Waals surface area contributed by atoms with Gasteiger partial charge in [-0.2, -0.15) is 0 Å². The molecule has 0 aliphatic carbocycles. The van der Waals surface area contributed by atoms with Gasteiger partial charge < -0.3 is 19.0 Å². The van der Waals surface area contributed by atoms with Crippen molar-refractivity contribution >= 4 is 11.8 Å². The van der Waals surface area contributed by atoms with E-state index in [-0.39, 0.29) is 30.4 Å². The number of ether oxygens (including phenoxy) is 1. The Hall–Kier alpha value is -3.54. The summed E-state index contributed by atoms with van der Waals surface area (Å²) < 4.78 is 11.9. The number of carbonyl (C=O) groups excluding carboxylic acids is 2. The summed E-state index contributed by atoms with van der Waals surface area (Å²) in [7, 11) is 0. The van der Waals surface area contributed by atoms with Crippen LogP contribution in [-0.4, -0.2) is 41.2 Å². The zero-order valence-electron chi connectivity index (χ0n) is 20.4. The average molecular weight is 473 g/mol. The lowest BCUT2D eigenvalue weighted by molar-refractivity contribution is -0.136. The molecule has 2 aromatic carbocycles. The van der Waals surface area contributed by atoms with Crippen LogP contribution in [0.15, 0.2) is 65.1 Å². The van der Waals surface area contributed by atoms with Crippen LogP contribution in [0.4, 0.5) is 0 Å². The lowest BCUT2D eigenvalue weighted by Crippen LogP contribution is -2.42. The van der Waals surface area contributed by atoms with Gasteiger partial charge in [0.2, 0.25) is 5.91 Å². The minimum absolute atomic E-state index is 0.0526. The number of nitrogens with zero attached hydrogens (tertiary/aromatic N) is 2. The fourth-order valence-electron chi connectivity index (χ4n) is 5.05. The molecule has 2 aliphatic rings. The predicted molar refractivity (Wildman–Crippen MR) is 133 cm³/mol. The van der Waals surface area contributed by atoms with E-state index in [0.29, 0.717) is 23.8 Å². The molecule has 3 heterocycles. The third-order valence-electron chi connectivity index (χ3n) is 6.88.